The number of hydrogen-bond donors (Lipinski definition) is 1. The monoisotopic (exact) mass is 406 g/mol. The molecular formula is C23H26N4OS. The number of thiazole rings is 1. The molecule has 2 aromatic carbocycles. The molecule has 1 aromatic heterocycles. The number of urea groups is 1. The smallest absolute Gasteiger partial charge is 0.323 e. The molecule has 29 heavy (non-hydrogen) atoms. The van der Waals surface area contributed by atoms with Crippen LogP contribution < -0.4 is 10.2 Å². The number of nitrogens with zero attached hydrogens (tertiary/aromatic N) is 3. The van der Waals surface area contributed by atoms with E-state index in [4.69, 9.17) is 0 Å². The second-order valence-corrected chi connectivity index (χ2v) is 8.66. The van der Waals surface area contributed by atoms with Gasteiger partial charge in [0.1, 0.15) is 0 Å². The van der Waals surface area contributed by atoms with Crippen LogP contribution in [0.4, 0.5) is 15.6 Å². The highest BCUT2D eigenvalue weighted by Gasteiger charge is 2.22. The number of rotatable bonds is 4. The molecule has 4 rings (SSSR count). The number of nitrogens with one attached hydrogen (secondary N) is 1. The topological polar surface area (TPSA) is 48.5 Å². The van der Waals surface area contributed by atoms with E-state index in [1.807, 2.05) is 11.1 Å². The molecule has 0 saturated carbocycles. The van der Waals surface area contributed by atoms with Crippen molar-refractivity contribution in [2.45, 2.75) is 20.3 Å². The summed E-state index contributed by atoms with van der Waals surface area (Å²) < 4.78 is 0. The molecule has 1 fully saturated rings. The van der Waals surface area contributed by atoms with Gasteiger partial charge in [-0.2, -0.15) is 0 Å². The number of carbonyl (C=O) groups is 1. The van der Waals surface area contributed by atoms with Crippen molar-refractivity contribution >= 4 is 28.2 Å². The summed E-state index contributed by atoms with van der Waals surface area (Å²) >= 11 is 1.54. The van der Waals surface area contributed by atoms with Crippen LogP contribution >= 0.6 is 11.3 Å². The standard InChI is InChI=1S/C23H26N4OS/c1-17-5-3-7-19(13-17)15-21-16-24-22(29-21)25-23(28)27-11-9-26(10-12-27)20-8-4-6-18(2)14-20/h3-8,13-14,16H,9-12,15H2,1-2H3,(H,24,25,28). The van der Waals surface area contributed by atoms with Gasteiger partial charge in [0.15, 0.2) is 5.13 Å². The van der Waals surface area contributed by atoms with Crippen LogP contribution in [0.1, 0.15) is 21.6 Å². The van der Waals surface area contributed by atoms with Gasteiger partial charge in [0.2, 0.25) is 0 Å². The van der Waals surface area contributed by atoms with Crippen LogP contribution in [0.5, 0.6) is 0 Å². The Labute approximate surface area is 176 Å². The number of benzene rings is 2. The van der Waals surface area contributed by atoms with Crippen molar-refractivity contribution in [1.82, 2.24) is 9.88 Å². The predicted molar refractivity (Wildman–Crippen MR) is 120 cm³/mol. The molecule has 5 nitrogen and oxygen atoms in total. The van der Waals surface area contributed by atoms with Crippen LogP contribution in [0.2, 0.25) is 0 Å². The van der Waals surface area contributed by atoms with E-state index in [9.17, 15) is 4.79 Å². The van der Waals surface area contributed by atoms with Gasteiger partial charge in [-0.05, 0) is 37.1 Å². The van der Waals surface area contributed by atoms with E-state index in [2.05, 4.69) is 77.6 Å². The van der Waals surface area contributed by atoms with E-state index in [0.29, 0.717) is 18.2 Å². The summed E-state index contributed by atoms with van der Waals surface area (Å²) in [5.74, 6) is 0. The fraction of sp³-hybridized carbons (Fsp3) is 0.304. The van der Waals surface area contributed by atoms with Gasteiger partial charge in [-0.15, -0.1) is 11.3 Å². The summed E-state index contributed by atoms with van der Waals surface area (Å²) in [6.07, 6.45) is 2.70. The fourth-order valence-electron chi connectivity index (χ4n) is 3.63. The first-order valence-electron chi connectivity index (χ1n) is 9.94. The van der Waals surface area contributed by atoms with Crippen molar-refractivity contribution in [3.05, 3.63) is 76.3 Å². The first-order chi connectivity index (χ1) is 14.1. The molecule has 2 amide bonds. The maximum Gasteiger partial charge on any atom is 0.323 e. The Morgan fingerprint density at radius 2 is 1.76 bits per heavy atom. The van der Waals surface area contributed by atoms with Gasteiger partial charge in [-0.1, -0.05) is 42.0 Å². The zero-order valence-corrected chi connectivity index (χ0v) is 17.7. The Bertz CT molecular complexity index is 992. The zero-order valence-electron chi connectivity index (χ0n) is 16.9. The van der Waals surface area contributed by atoms with E-state index in [-0.39, 0.29) is 6.03 Å². The molecule has 0 bridgehead atoms. The molecule has 2 heterocycles. The number of anilines is 2. The summed E-state index contributed by atoms with van der Waals surface area (Å²) in [5.41, 5.74) is 5.00. The average molecular weight is 407 g/mol. The van der Waals surface area contributed by atoms with Crippen molar-refractivity contribution in [2.75, 3.05) is 36.4 Å². The number of aryl methyl sites for hydroxylation is 2. The van der Waals surface area contributed by atoms with Crippen LogP contribution in [-0.2, 0) is 6.42 Å². The molecule has 1 aliphatic rings. The summed E-state index contributed by atoms with van der Waals surface area (Å²) in [7, 11) is 0. The molecule has 1 saturated heterocycles. The molecule has 0 atom stereocenters. The van der Waals surface area contributed by atoms with Crippen molar-refractivity contribution in [2.24, 2.45) is 0 Å². The van der Waals surface area contributed by atoms with Gasteiger partial charge >= 0.3 is 6.03 Å². The lowest BCUT2D eigenvalue weighted by atomic mass is 10.1. The highest BCUT2D eigenvalue weighted by Crippen LogP contribution is 2.23. The summed E-state index contributed by atoms with van der Waals surface area (Å²) in [5, 5.41) is 3.63. The van der Waals surface area contributed by atoms with Gasteiger partial charge in [0.25, 0.3) is 0 Å². The minimum absolute atomic E-state index is 0.0645. The maximum absolute atomic E-state index is 12.6. The molecule has 0 unspecified atom stereocenters. The van der Waals surface area contributed by atoms with E-state index >= 15 is 0 Å². The van der Waals surface area contributed by atoms with Gasteiger partial charge < -0.3 is 9.80 Å². The third-order valence-electron chi connectivity index (χ3n) is 5.16. The second kappa shape index (κ2) is 8.66. The molecule has 0 radical (unpaired) electrons. The third-order valence-corrected chi connectivity index (χ3v) is 6.07. The minimum atomic E-state index is -0.0645. The summed E-state index contributed by atoms with van der Waals surface area (Å²) in [6.45, 7) is 7.30. The number of aromatic nitrogens is 1. The first-order valence-corrected chi connectivity index (χ1v) is 10.8. The van der Waals surface area contributed by atoms with Gasteiger partial charge in [-0.25, -0.2) is 9.78 Å². The van der Waals surface area contributed by atoms with Crippen molar-refractivity contribution in [3.8, 4) is 0 Å². The van der Waals surface area contributed by atoms with E-state index in [1.165, 1.54) is 22.4 Å². The van der Waals surface area contributed by atoms with Crippen LogP contribution in [0.15, 0.2) is 54.7 Å². The third kappa shape index (κ3) is 4.95. The fourth-order valence-corrected chi connectivity index (χ4v) is 4.47. The van der Waals surface area contributed by atoms with E-state index < -0.39 is 0 Å². The lowest BCUT2D eigenvalue weighted by Gasteiger charge is -2.36. The second-order valence-electron chi connectivity index (χ2n) is 7.54. The van der Waals surface area contributed by atoms with Crippen LogP contribution in [0.25, 0.3) is 0 Å². The normalized spacial score (nSPS) is 14.1. The maximum atomic E-state index is 12.6. The molecule has 1 N–H and O–H groups in total. The lowest BCUT2D eigenvalue weighted by molar-refractivity contribution is 0.208. The first kappa shape index (κ1) is 19.5. The number of hydrogen-bond acceptors (Lipinski definition) is 4. The predicted octanol–water partition coefficient (Wildman–Crippen LogP) is 4.70. The minimum Gasteiger partial charge on any atom is -0.368 e. The molecule has 6 heteroatoms. The van der Waals surface area contributed by atoms with Crippen LogP contribution in [-0.4, -0.2) is 42.1 Å². The lowest BCUT2D eigenvalue weighted by Crippen LogP contribution is -2.50. The highest BCUT2D eigenvalue weighted by molar-refractivity contribution is 7.15. The van der Waals surface area contributed by atoms with Crippen LogP contribution in [0, 0.1) is 13.8 Å². The van der Waals surface area contributed by atoms with Crippen LogP contribution in [0.3, 0.4) is 0 Å². The molecule has 0 spiro atoms. The Morgan fingerprint density at radius 3 is 2.48 bits per heavy atom. The number of piperazine rings is 1. The molecular weight excluding hydrogens is 380 g/mol. The highest BCUT2D eigenvalue weighted by atomic mass is 32.1. The molecule has 0 aliphatic carbocycles. The largest absolute Gasteiger partial charge is 0.368 e. The Balaban J connectivity index is 1.30. The average Bonchev–Trinajstić information content (AvgIpc) is 3.15. The SMILES string of the molecule is Cc1cccc(Cc2cnc(NC(=O)N3CCN(c4cccc(C)c4)CC3)s2)c1. The van der Waals surface area contributed by atoms with Crippen molar-refractivity contribution in [3.63, 3.8) is 0 Å². The Morgan fingerprint density at radius 1 is 1.03 bits per heavy atom. The van der Waals surface area contributed by atoms with Gasteiger partial charge in [0.05, 0.1) is 0 Å². The van der Waals surface area contributed by atoms with Gasteiger partial charge in [0, 0.05) is 49.4 Å². The number of carbonyl (C=O) groups excluding carboxylic acids is 1. The Hall–Kier alpha value is -2.86. The van der Waals surface area contributed by atoms with Crippen molar-refractivity contribution < 1.29 is 4.79 Å². The molecule has 1 aliphatic heterocycles. The summed E-state index contributed by atoms with van der Waals surface area (Å²) in [4.78, 5) is 22.4. The molecule has 150 valence electrons. The number of amides is 2. The Kier molecular flexibility index (Phi) is 5.81. The molecule has 3 aromatic rings. The van der Waals surface area contributed by atoms with E-state index in [0.717, 1.165) is 24.4 Å². The van der Waals surface area contributed by atoms with Crippen molar-refractivity contribution in [1.29, 1.82) is 0 Å². The van der Waals surface area contributed by atoms with E-state index in [1.54, 1.807) is 11.3 Å². The quantitative estimate of drug-likeness (QED) is 0.683. The van der Waals surface area contributed by atoms with Gasteiger partial charge in [-0.3, -0.25) is 5.32 Å². The summed E-state index contributed by atoms with van der Waals surface area (Å²) in [6, 6.07) is 16.9. The zero-order chi connectivity index (χ0) is 20.2.